The Morgan fingerprint density at radius 2 is 2.18 bits per heavy atom. The molecule has 1 aliphatic rings. The first-order valence-corrected chi connectivity index (χ1v) is 5.91. The molecule has 1 saturated heterocycles. The van der Waals surface area contributed by atoms with E-state index in [2.05, 4.69) is 0 Å². The number of hydrogen-bond donors (Lipinski definition) is 1. The van der Waals surface area contributed by atoms with Gasteiger partial charge >= 0.3 is 0 Å². The molecule has 0 unspecified atom stereocenters. The van der Waals surface area contributed by atoms with Gasteiger partial charge in [-0.3, -0.25) is 4.79 Å². The van der Waals surface area contributed by atoms with Gasteiger partial charge in [0.25, 0.3) is 5.91 Å². The van der Waals surface area contributed by atoms with Gasteiger partial charge in [0, 0.05) is 30.9 Å². The van der Waals surface area contributed by atoms with Gasteiger partial charge in [0.15, 0.2) is 0 Å². The van der Waals surface area contributed by atoms with Crippen molar-refractivity contribution < 1.29 is 9.53 Å². The molecular weight excluding hydrogens is 216 g/mol. The van der Waals surface area contributed by atoms with Crippen molar-refractivity contribution in [2.75, 3.05) is 32.0 Å². The average Bonchev–Trinajstić information content (AvgIpc) is 2.60. The van der Waals surface area contributed by atoms with Crippen molar-refractivity contribution in [2.45, 2.75) is 13.3 Å². The van der Waals surface area contributed by atoms with Crippen LogP contribution in [0.2, 0.25) is 0 Å². The summed E-state index contributed by atoms with van der Waals surface area (Å²) in [5, 5.41) is 0. The second-order valence-electron chi connectivity index (χ2n) is 4.33. The number of rotatable bonds is 1. The molecule has 92 valence electrons. The van der Waals surface area contributed by atoms with Crippen molar-refractivity contribution in [3.8, 4) is 0 Å². The molecule has 0 saturated carbocycles. The monoisotopic (exact) mass is 234 g/mol. The molecule has 0 radical (unpaired) electrons. The van der Waals surface area contributed by atoms with Gasteiger partial charge in [-0.05, 0) is 31.0 Å². The van der Waals surface area contributed by atoms with Crippen LogP contribution in [0.3, 0.4) is 0 Å². The molecular formula is C13H18N2O2. The maximum atomic E-state index is 12.2. The number of anilines is 1. The summed E-state index contributed by atoms with van der Waals surface area (Å²) < 4.78 is 5.34. The zero-order valence-corrected chi connectivity index (χ0v) is 10.1. The Balaban J connectivity index is 2.14. The first-order valence-electron chi connectivity index (χ1n) is 5.91. The van der Waals surface area contributed by atoms with Crippen LogP contribution < -0.4 is 5.73 Å². The smallest absolute Gasteiger partial charge is 0.254 e. The Kier molecular flexibility index (Phi) is 3.64. The molecule has 17 heavy (non-hydrogen) atoms. The van der Waals surface area contributed by atoms with Gasteiger partial charge in [-0.15, -0.1) is 0 Å². The van der Waals surface area contributed by atoms with Gasteiger partial charge in [0.2, 0.25) is 0 Å². The maximum absolute atomic E-state index is 12.2. The SMILES string of the molecule is Cc1ccc(C(=O)N2CCCOCC2)cc1N. The van der Waals surface area contributed by atoms with E-state index in [1.807, 2.05) is 24.0 Å². The summed E-state index contributed by atoms with van der Waals surface area (Å²) >= 11 is 0. The van der Waals surface area contributed by atoms with E-state index in [4.69, 9.17) is 10.5 Å². The summed E-state index contributed by atoms with van der Waals surface area (Å²) in [6.45, 7) is 4.70. The number of benzene rings is 1. The van der Waals surface area contributed by atoms with Gasteiger partial charge < -0.3 is 15.4 Å². The highest BCUT2D eigenvalue weighted by atomic mass is 16.5. The molecule has 1 aromatic carbocycles. The lowest BCUT2D eigenvalue weighted by atomic mass is 10.1. The first-order chi connectivity index (χ1) is 8.18. The Labute approximate surface area is 101 Å². The second kappa shape index (κ2) is 5.19. The number of nitrogen functional groups attached to an aromatic ring is 1. The van der Waals surface area contributed by atoms with Crippen molar-refractivity contribution in [3.63, 3.8) is 0 Å². The number of nitrogens with two attached hydrogens (primary N) is 1. The molecule has 4 heteroatoms. The molecule has 0 spiro atoms. The topological polar surface area (TPSA) is 55.6 Å². The normalized spacial score (nSPS) is 16.6. The molecule has 1 heterocycles. The standard InChI is InChI=1S/C13H18N2O2/c1-10-3-4-11(9-12(10)14)13(16)15-5-2-7-17-8-6-15/h3-4,9H,2,5-8,14H2,1H3. The van der Waals surface area contributed by atoms with Crippen LogP contribution in [0.15, 0.2) is 18.2 Å². The number of ether oxygens (including phenoxy) is 1. The summed E-state index contributed by atoms with van der Waals surface area (Å²) in [6.07, 6.45) is 0.896. The lowest BCUT2D eigenvalue weighted by Gasteiger charge is -2.19. The van der Waals surface area contributed by atoms with E-state index in [9.17, 15) is 4.79 Å². The highest BCUT2D eigenvalue weighted by molar-refractivity contribution is 5.95. The van der Waals surface area contributed by atoms with Crippen LogP contribution in [0.5, 0.6) is 0 Å². The summed E-state index contributed by atoms with van der Waals surface area (Å²) in [5.41, 5.74) is 8.15. The van der Waals surface area contributed by atoms with Crippen molar-refractivity contribution in [3.05, 3.63) is 29.3 Å². The third kappa shape index (κ3) is 2.77. The van der Waals surface area contributed by atoms with Crippen LogP contribution in [-0.2, 0) is 4.74 Å². The molecule has 1 aliphatic heterocycles. The van der Waals surface area contributed by atoms with Gasteiger partial charge in [-0.1, -0.05) is 6.07 Å². The molecule has 1 amide bonds. The van der Waals surface area contributed by atoms with Crippen molar-refractivity contribution >= 4 is 11.6 Å². The van der Waals surface area contributed by atoms with Crippen molar-refractivity contribution in [1.29, 1.82) is 0 Å². The second-order valence-corrected chi connectivity index (χ2v) is 4.33. The van der Waals surface area contributed by atoms with Gasteiger partial charge in [-0.25, -0.2) is 0 Å². The lowest BCUT2D eigenvalue weighted by Crippen LogP contribution is -2.33. The Morgan fingerprint density at radius 1 is 1.35 bits per heavy atom. The summed E-state index contributed by atoms with van der Waals surface area (Å²) in [6, 6.07) is 5.47. The quantitative estimate of drug-likeness (QED) is 0.748. The fourth-order valence-electron chi connectivity index (χ4n) is 1.91. The van der Waals surface area contributed by atoms with E-state index < -0.39 is 0 Å². The van der Waals surface area contributed by atoms with E-state index in [0.29, 0.717) is 24.4 Å². The van der Waals surface area contributed by atoms with Crippen molar-refractivity contribution in [2.24, 2.45) is 0 Å². The summed E-state index contributed by atoms with van der Waals surface area (Å²) in [7, 11) is 0. The van der Waals surface area contributed by atoms with Crippen LogP contribution >= 0.6 is 0 Å². The van der Waals surface area contributed by atoms with Gasteiger partial charge in [0.1, 0.15) is 0 Å². The summed E-state index contributed by atoms with van der Waals surface area (Å²) in [5.74, 6) is 0.0437. The number of amides is 1. The zero-order valence-electron chi connectivity index (χ0n) is 10.1. The van der Waals surface area contributed by atoms with E-state index in [1.165, 1.54) is 0 Å². The fraction of sp³-hybridized carbons (Fsp3) is 0.462. The zero-order chi connectivity index (χ0) is 12.3. The van der Waals surface area contributed by atoms with Crippen molar-refractivity contribution in [1.82, 2.24) is 4.90 Å². The number of carbonyl (C=O) groups is 1. The Morgan fingerprint density at radius 3 is 2.94 bits per heavy atom. The van der Waals surface area contributed by atoms with Crippen LogP contribution in [0.4, 0.5) is 5.69 Å². The third-order valence-electron chi connectivity index (χ3n) is 3.04. The minimum Gasteiger partial charge on any atom is -0.398 e. The first kappa shape index (κ1) is 11.9. The molecule has 0 aromatic heterocycles. The summed E-state index contributed by atoms with van der Waals surface area (Å²) in [4.78, 5) is 14.1. The molecule has 1 fully saturated rings. The van der Waals surface area contributed by atoms with E-state index in [1.54, 1.807) is 6.07 Å². The van der Waals surface area contributed by atoms with Crippen LogP contribution in [0.25, 0.3) is 0 Å². The van der Waals surface area contributed by atoms with Crippen LogP contribution in [-0.4, -0.2) is 37.1 Å². The minimum absolute atomic E-state index is 0.0437. The lowest BCUT2D eigenvalue weighted by molar-refractivity contribution is 0.0741. The average molecular weight is 234 g/mol. The van der Waals surface area contributed by atoms with E-state index >= 15 is 0 Å². The third-order valence-corrected chi connectivity index (χ3v) is 3.04. The fourth-order valence-corrected chi connectivity index (χ4v) is 1.91. The predicted octanol–water partition coefficient (Wildman–Crippen LogP) is 1.44. The Bertz CT molecular complexity index is 410. The van der Waals surface area contributed by atoms with E-state index in [-0.39, 0.29) is 5.91 Å². The largest absolute Gasteiger partial charge is 0.398 e. The number of aryl methyl sites for hydroxylation is 1. The number of nitrogens with zero attached hydrogens (tertiary/aromatic N) is 1. The maximum Gasteiger partial charge on any atom is 0.254 e. The van der Waals surface area contributed by atoms with Crippen LogP contribution in [0.1, 0.15) is 22.3 Å². The van der Waals surface area contributed by atoms with Gasteiger partial charge in [0.05, 0.1) is 6.61 Å². The molecule has 0 aliphatic carbocycles. The molecule has 0 atom stereocenters. The molecule has 1 aromatic rings. The highest BCUT2D eigenvalue weighted by Crippen LogP contribution is 2.15. The molecule has 4 nitrogen and oxygen atoms in total. The number of carbonyl (C=O) groups excluding carboxylic acids is 1. The Hall–Kier alpha value is -1.55. The molecule has 2 rings (SSSR count). The van der Waals surface area contributed by atoms with E-state index in [0.717, 1.165) is 25.1 Å². The predicted molar refractivity (Wildman–Crippen MR) is 66.9 cm³/mol. The number of hydrogen-bond acceptors (Lipinski definition) is 3. The molecule has 0 bridgehead atoms. The highest BCUT2D eigenvalue weighted by Gasteiger charge is 2.17. The van der Waals surface area contributed by atoms with Gasteiger partial charge in [-0.2, -0.15) is 0 Å². The molecule has 2 N–H and O–H groups in total. The minimum atomic E-state index is 0.0437. The van der Waals surface area contributed by atoms with Crippen LogP contribution in [0, 0.1) is 6.92 Å².